The second kappa shape index (κ2) is 4.81. The molecule has 0 spiro atoms. The van der Waals surface area contributed by atoms with Crippen molar-refractivity contribution in [3.05, 3.63) is 46.8 Å². The molecule has 1 atom stereocenters. The van der Waals surface area contributed by atoms with Gasteiger partial charge >= 0.3 is 0 Å². The van der Waals surface area contributed by atoms with Crippen LogP contribution in [0.25, 0.3) is 0 Å². The van der Waals surface area contributed by atoms with Crippen molar-refractivity contribution < 1.29 is 4.39 Å². The van der Waals surface area contributed by atoms with Crippen LogP contribution in [-0.2, 0) is 13.5 Å². The third kappa shape index (κ3) is 2.62. The van der Waals surface area contributed by atoms with Gasteiger partial charge in [0, 0.05) is 19.5 Å². The largest absolute Gasteiger partial charge is 0.324 e. The highest BCUT2D eigenvalue weighted by Gasteiger charge is 2.12. The van der Waals surface area contributed by atoms with Crippen LogP contribution >= 0.6 is 11.6 Å². The molecule has 90 valence electrons. The van der Waals surface area contributed by atoms with Gasteiger partial charge in [-0.25, -0.2) is 9.37 Å². The first-order chi connectivity index (χ1) is 8.08. The molecule has 0 aliphatic carbocycles. The van der Waals surface area contributed by atoms with Crippen LogP contribution in [0, 0.1) is 5.82 Å². The lowest BCUT2D eigenvalue weighted by Crippen LogP contribution is -2.16. The number of benzene rings is 1. The molecule has 1 heterocycles. The van der Waals surface area contributed by atoms with E-state index >= 15 is 0 Å². The van der Waals surface area contributed by atoms with Gasteiger partial charge in [-0.3, -0.25) is 4.68 Å². The van der Waals surface area contributed by atoms with Gasteiger partial charge in [0.05, 0.1) is 5.02 Å². The Balaban J connectivity index is 2.17. The summed E-state index contributed by atoms with van der Waals surface area (Å²) in [6, 6.07) is 4.20. The molecule has 6 heteroatoms. The maximum Gasteiger partial charge on any atom is 0.141 e. The predicted octanol–water partition coefficient (Wildman–Crippen LogP) is 1.85. The Hall–Kier alpha value is -1.46. The highest BCUT2D eigenvalue weighted by molar-refractivity contribution is 6.30. The second-order valence-corrected chi connectivity index (χ2v) is 4.19. The molecular weight excluding hydrogens is 243 g/mol. The summed E-state index contributed by atoms with van der Waals surface area (Å²) in [6.07, 6.45) is 2.00. The van der Waals surface area contributed by atoms with E-state index in [0.717, 1.165) is 11.4 Å². The van der Waals surface area contributed by atoms with E-state index < -0.39 is 5.82 Å². The van der Waals surface area contributed by atoms with Crippen LogP contribution in [0.1, 0.15) is 17.4 Å². The Morgan fingerprint density at radius 1 is 1.53 bits per heavy atom. The van der Waals surface area contributed by atoms with Crippen LogP contribution in [0.4, 0.5) is 4.39 Å². The number of aryl methyl sites for hydroxylation is 1. The summed E-state index contributed by atoms with van der Waals surface area (Å²) in [5, 5.41) is 4.04. The molecule has 0 saturated heterocycles. The minimum atomic E-state index is -0.443. The second-order valence-electron chi connectivity index (χ2n) is 3.78. The summed E-state index contributed by atoms with van der Waals surface area (Å²) < 4.78 is 14.7. The first kappa shape index (κ1) is 12.0. The maximum absolute atomic E-state index is 13.0. The zero-order valence-corrected chi connectivity index (χ0v) is 10.0. The van der Waals surface area contributed by atoms with E-state index in [9.17, 15) is 4.39 Å². The van der Waals surface area contributed by atoms with Crippen LogP contribution < -0.4 is 5.73 Å². The minimum absolute atomic E-state index is 0.0796. The molecule has 0 bridgehead atoms. The van der Waals surface area contributed by atoms with Crippen LogP contribution in [0.2, 0.25) is 5.02 Å². The van der Waals surface area contributed by atoms with Crippen LogP contribution in [-0.4, -0.2) is 14.8 Å². The van der Waals surface area contributed by atoms with Gasteiger partial charge in [0.25, 0.3) is 0 Å². The Bertz CT molecular complexity index is 526. The third-order valence-corrected chi connectivity index (χ3v) is 2.87. The summed E-state index contributed by atoms with van der Waals surface area (Å²) >= 11 is 5.71. The van der Waals surface area contributed by atoms with Gasteiger partial charge in [0.2, 0.25) is 0 Å². The molecule has 2 rings (SSSR count). The molecule has 0 amide bonds. The van der Waals surface area contributed by atoms with E-state index in [1.807, 2.05) is 0 Å². The SMILES string of the molecule is Cn1ncnc1CC(N)c1ccc(F)c(Cl)c1. The molecular formula is C11H12ClFN4. The predicted molar refractivity (Wildman–Crippen MR) is 63.0 cm³/mol. The van der Waals surface area contributed by atoms with Crippen molar-refractivity contribution in [2.24, 2.45) is 12.8 Å². The molecule has 4 nitrogen and oxygen atoms in total. The molecule has 0 saturated carbocycles. The number of aromatic nitrogens is 3. The lowest BCUT2D eigenvalue weighted by atomic mass is 10.0. The van der Waals surface area contributed by atoms with Gasteiger partial charge in [-0.2, -0.15) is 5.10 Å². The fourth-order valence-electron chi connectivity index (χ4n) is 1.56. The summed E-state index contributed by atoms with van der Waals surface area (Å²) in [7, 11) is 1.80. The first-order valence-corrected chi connectivity index (χ1v) is 5.49. The normalized spacial score (nSPS) is 12.7. The number of nitrogens with zero attached hydrogens (tertiary/aromatic N) is 3. The number of hydrogen-bond donors (Lipinski definition) is 1. The molecule has 1 aromatic carbocycles. The number of rotatable bonds is 3. The molecule has 17 heavy (non-hydrogen) atoms. The Morgan fingerprint density at radius 2 is 2.29 bits per heavy atom. The molecule has 0 radical (unpaired) electrons. The highest BCUT2D eigenvalue weighted by atomic mass is 35.5. The average molecular weight is 255 g/mol. The average Bonchev–Trinajstić information content (AvgIpc) is 2.68. The lowest BCUT2D eigenvalue weighted by molar-refractivity contribution is 0.615. The van der Waals surface area contributed by atoms with Gasteiger partial charge in [0.1, 0.15) is 18.0 Å². The van der Waals surface area contributed by atoms with E-state index in [2.05, 4.69) is 10.1 Å². The van der Waals surface area contributed by atoms with Crippen molar-refractivity contribution in [3.63, 3.8) is 0 Å². The smallest absolute Gasteiger partial charge is 0.141 e. The fourth-order valence-corrected chi connectivity index (χ4v) is 1.75. The van der Waals surface area contributed by atoms with Crippen molar-refractivity contribution in [2.45, 2.75) is 12.5 Å². The van der Waals surface area contributed by atoms with Crippen LogP contribution in [0.5, 0.6) is 0 Å². The lowest BCUT2D eigenvalue weighted by Gasteiger charge is -2.11. The van der Waals surface area contributed by atoms with E-state index in [1.165, 1.54) is 18.5 Å². The highest BCUT2D eigenvalue weighted by Crippen LogP contribution is 2.21. The fraction of sp³-hybridized carbons (Fsp3) is 0.273. The molecule has 0 aliphatic rings. The van der Waals surface area contributed by atoms with E-state index in [0.29, 0.717) is 6.42 Å². The van der Waals surface area contributed by atoms with E-state index in [1.54, 1.807) is 17.8 Å². The quantitative estimate of drug-likeness (QED) is 0.910. The van der Waals surface area contributed by atoms with Crippen LogP contribution in [0.3, 0.4) is 0 Å². The molecule has 1 aromatic heterocycles. The summed E-state index contributed by atoms with van der Waals surface area (Å²) in [6.45, 7) is 0. The Morgan fingerprint density at radius 3 is 2.88 bits per heavy atom. The molecule has 0 fully saturated rings. The van der Waals surface area contributed by atoms with Crippen molar-refractivity contribution >= 4 is 11.6 Å². The zero-order valence-electron chi connectivity index (χ0n) is 9.27. The topological polar surface area (TPSA) is 56.7 Å². The monoisotopic (exact) mass is 254 g/mol. The van der Waals surface area contributed by atoms with Gasteiger partial charge < -0.3 is 5.73 Å². The van der Waals surface area contributed by atoms with Crippen molar-refractivity contribution in [1.29, 1.82) is 0 Å². The number of nitrogens with two attached hydrogens (primary N) is 1. The minimum Gasteiger partial charge on any atom is -0.324 e. The molecule has 1 unspecified atom stereocenters. The van der Waals surface area contributed by atoms with Gasteiger partial charge in [-0.15, -0.1) is 0 Å². The molecule has 0 aliphatic heterocycles. The number of hydrogen-bond acceptors (Lipinski definition) is 3. The molecule has 2 N–H and O–H groups in total. The first-order valence-electron chi connectivity index (χ1n) is 5.11. The maximum atomic E-state index is 13.0. The summed E-state index contributed by atoms with van der Waals surface area (Å²) in [5.41, 5.74) is 6.79. The van der Waals surface area contributed by atoms with Crippen molar-refractivity contribution in [1.82, 2.24) is 14.8 Å². The van der Waals surface area contributed by atoms with Gasteiger partial charge in [-0.05, 0) is 17.7 Å². The zero-order chi connectivity index (χ0) is 12.4. The standard InChI is InChI=1S/C11H12ClFN4/c1-17-11(15-6-16-17)5-10(14)7-2-3-9(13)8(12)4-7/h2-4,6,10H,5,14H2,1H3. The van der Waals surface area contributed by atoms with E-state index in [-0.39, 0.29) is 11.1 Å². The molecule has 2 aromatic rings. The Labute approximate surface area is 103 Å². The van der Waals surface area contributed by atoms with E-state index in [4.69, 9.17) is 17.3 Å². The van der Waals surface area contributed by atoms with Crippen molar-refractivity contribution in [3.8, 4) is 0 Å². The third-order valence-electron chi connectivity index (χ3n) is 2.58. The number of halogens is 2. The van der Waals surface area contributed by atoms with Crippen molar-refractivity contribution in [2.75, 3.05) is 0 Å². The Kier molecular flexibility index (Phi) is 3.40. The van der Waals surface area contributed by atoms with Gasteiger partial charge in [-0.1, -0.05) is 17.7 Å². The van der Waals surface area contributed by atoms with Gasteiger partial charge in [0.15, 0.2) is 0 Å². The summed E-state index contributed by atoms with van der Waals surface area (Å²) in [5.74, 6) is 0.333. The van der Waals surface area contributed by atoms with Crippen LogP contribution in [0.15, 0.2) is 24.5 Å². The summed E-state index contributed by atoms with van der Waals surface area (Å²) in [4.78, 5) is 4.09.